The molecule has 0 aliphatic rings. The highest BCUT2D eigenvalue weighted by Gasteiger charge is 2.30. The molecule has 0 fully saturated rings. The normalized spacial score (nSPS) is 14.5. The van der Waals surface area contributed by atoms with Gasteiger partial charge in [0.1, 0.15) is 19.3 Å². The van der Waals surface area contributed by atoms with Crippen molar-refractivity contribution >= 4 is 39.5 Å². The van der Waals surface area contributed by atoms with E-state index >= 15 is 0 Å². The number of aliphatic hydroxyl groups is 1. The molecule has 5 unspecified atom stereocenters. The SMILES string of the molecule is CC/C=C\C/C=C\C/C=C\C/C=C\C/C=C\CC(=O)OCC(COP(=O)(O)OCC(O)COP(=O)(O)OCC(COC(=O)CCCCCCC/C=C\CCCCCCCC)OC(=O)CCCCCCC/C=C\C/C=C\CCC)OC(=O)CCCCCCCCCCCCCCC. The zero-order valence-corrected chi connectivity index (χ0v) is 62.1. The van der Waals surface area contributed by atoms with Crippen LogP contribution >= 0.6 is 15.6 Å². The molecular weight excluding hydrogens is 1260 g/mol. The van der Waals surface area contributed by atoms with Crippen LogP contribution in [0, 0.1) is 0 Å². The van der Waals surface area contributed by atoms with Gasteiger partial charge in [-0.25, -0.2) is 9.13 Å². The Hall–Kier alpha value is -4.02. The molecule has 0 aliphatic carbocycles. The molecule has 554 valence electrons. The summed E-state index contributed by atoms with van der Waals surface area (Å²) in [6.45, 7) is 4.56. The van der Waals surface area contributed by atoms with Crippen molar-refractivity contribution in [1.29, 1.82) is 0 Å². The van der Waals surface area contributed by atoms with Gasteiger partial charge < -0.3 is 33.8 Å². The second-order valence-corrected chi connectivity index (χ2v) is 27.8. The Morgan fingerprint density at radius 3 is 0.979 bits per heavy atom. The summed E-state index contributed by atoms with van der Waals surface area (Å²) in [4.78, 5) is 72.7. The lowest BCUT2D eigenvalue weighted by Gasteiger charge is -2.21. The topological polar surface area (TPSA) is 237 Å². The minimum absolute atomic E-state index is 0.0691. The predicted octanol–water partition coefficient (Wildman–Crippen LogP) is 21.2. The number of hydrogen-bond donors (Lipinski definition) is 3. The average molecular weight is 1390 g/mol. The minimum atomic E-state index is -4.99. The zero-order chi connectivity index (χ0) is 70.4. The van der Waals surface area contributed by atoms with Gasteiger partial charge in [0.05, 0.1) is 32.8 Å². The van der Waals surface area contributed by atoms with E-state index in [0.717, 1.165) is 141 Å². The molecule has 0 spiro atoms. The Morgan fingerprint density at radius 1 is 0.312 bits per heavy atom. The van der Waals surface area contributed by atoms with Gasteiger partial charge in [-0.1, -0.05) is 279 Å². The summed E-state index contributed by atoms with van der Waals surface area (Å²) in [5.41, 5.74) is 0. The van der Waals surface area contributed by atoms with Crippen molar-refractivity contribution in [3.63, 3.8) is 0 Å². The number of unbranched alkanes of at least 4 members (excludes halogenated alkanes) is 29. The van der Waals surface area contributed by atoms with Crippen LogP contribution in [0.4, 0.5) is 0 Å². The van der Waals surface area contributed by atoms with Crippen LogP contribution in [-0.4, -0.2) is 96.7 Å². The summed E-state index contributed by atoms with van der Waals surface area (Å²) in [5, 5.41) is 10.6. The van der Waals surface area contributed by atoms with E-state index in [-0.39, 0.29) is 25.7 Å². The molecule has 17 nitrogen and oxygen atoms in total. The number of rotatable bonds is 70. The molecule has 0 heterocycles. The molecule has 0 bridgehead atoms. The maximum absolute atomic E-state index is 13.1. The smallest absolute Gasteiger partial charge is 0.462 e. The first-order chi connectivity index (χ1) is 46.7. The molecule has 0 rings (SSSR count). The Balaban J connectivity index is 5.40. The lowest BCUT2D eigenvalue weighted by Crippen LogP contribution is -2.30. The van der Waals surface area contributed by atoms with Crippen molar-refractivity contribution in [3.8, 4) is 0 Å². The summed E-state index contributed by atoms with van der Waals surface area (Å²) in [5.74, 6) is -2.33. The van der Waals surface area contributed by atoms with Gasteiger partial charge in [-0.15, -0.1) is 0 Å². The standard InChI is InChI=1S/C77H134O17P2/c1-5-9-13-17-21-25-29-33-35-39-41-45-49-53-57-61-74(79)87-67-72(93-76(81)63-59-55-51-47-43-37-31-27-23-19-15-11-7-3)69-91-95(83,84)89-65-71(78)66-90-96(85,86)92-70-73(94-77(82)64-60-56-52-48-44-38-32-28-24-20-16-12-8-4)68-88-75(80)62-58-54-50-46-42-40-36-34-30-26-22-18-14-10-6-2/h9,13,16,20-21,25,28,32-36,41,45,53,57,71-73,78H,5-8,10-12,14-15,17-19,22-24,26-27,29-31,37-40,42-44,46-52,54-56,58-70H2,1-4H3,(H,83,84)(H,85,86)/b13-9-,20-16-,25-21-,32-28-,35-33-,36-34-,45-41-,57-53-. The minimum Gasteiger partial charge on any atom is -0.462 e. The summed E-state index contributed by atoms with van der Waals surface area (Å²) in [6.07, 6.45) is 71.5. The third-order valence-electron chi connectivity index (χ3n) is 15.5. The van der Waals surface area contributed by atoms with Gasteiger partial charge in [-0.3, -0.25) is 37.3 Å². The van der Waals surface area contributed by atoms with E-state index < -0.39 is 97.5 Å². The molecule has 19 heteroatoms. The molecule has 0 amide bonds. The third kappa shape index (κ3) is 68.5. The van der Waals surface area contributed by atoms with E-state index in [2.05, 4.69) is 101 Å². The van der Waals surface area contributed by atoms with Crippen LogP contribution < -0.4 is 0 Å². The highest BCUT2D eigenvalue weighted by molar-refractivity contribution is 7.47. The number of phosphoric acid groups is 2. The van der Waals surface area contributed by atoms with E-state index in [9.17, 15) is 43.2 Å². The second kappa shape index (κ2) is 69.5. The molecular formula is C77H134O17P2. The van der Waals surface area contributed by atoms with Crippen LogP contribution in [-0.2, 0) is 65.4 Å². The van der Waals surface area contributed by atoms with Gasteiger partial charge in [-0.05, 0) is 103 Å². The van der Waals surface area contributed by atoms with Crippen molar-refractivity contribution in [2.45, 2.75) is 329 Å². The van der Waals surface area contributed by atoms with Crippen LogP contribution in [0.1, 0.15) is 310 Å². The maximum atomic E-state index is 13.1. The molecule has 0 aromatic rings. The number of ether oxygens (including phenoxy) is 4. The van der Waals surface area contributed by atoms with E-state index in [1.165, 1.54) is 89.9 Å². The summed E-state index contributed by atoms with van der Waals surface area (Å²) in [7, 11) is -9.97. The van der Waals surface area contributed by atoms with Crippen LogP contribution in [0.3, 0.4) is 0 Å². The summed E-state index contributed by atoms with van der Waals surface area (Å²) >= 11 is 0. The van der Waals surface area contributed by atoms with Gasteiger partial charge in [0, 0.05) is 19.3 Å². The molecule has 0 aromatic heterocycles. The number of esters is 4. The predicted molar refractivity (Wildman–Crippen MR) is 390 cm³/mol. The Bertz CT molecular complexity index is 2200. The Morgan fingerprint density at radius 2 is 0.604 bits per heavy atom. The first-order valence-electron chi connectivity index (χ1n) is 37.5. The quantitative estimate of drug-likeness (QED) is 0.0169. The van der Waals surface area contributed by atoms with Crippen LogP contribution in [0.5, 0.6) is 0 Å². The molecule has 3 N–H and O–H groups in total. The molecule has 0 aliphatic heterocycles. The number of phosphoric ester groups is 2. The number of hydrogen-bond acceptors (Lipinski definition) is 15. The highest BCUT2D eigenvalue weighted by Crippen LogP contribution is 2.45. The number of carbonyl (C=O) groups excluding carboxylic acids is 4. The summed E-state index contributed by atoms with van der Waals surface area (Å²) < 4.78 is 68.3. The molecule has 0 saturated heterocycles. The number of allylic oxidation sites excluding steroid dienone is 15. The highest BCUT2D eigenvalue weighted by atomic mass is 31.2. The first-order valence-corrected chi connectivity index (χ1v) is 40.5. The van der Waals surface area contributed by atoms with Crippen molar-refractivity contribution in [1.82, 2.24) is 0 Å². The first kappa shape index (κ1) is 92.0. The molecule has 0 saturated carbocycles. The maximum Gasteiger partial charge on any atom is 0.472 e. The molecule has 0 radical (unpaired) electrons. The van der Waals surface area contributed by atoms with E-state index in [0.29, 0.717) is 25.7 Å². The van der Waals surface area contributed by atoms with Crippen molar-refractivity contribution in [2.24, 2.45) is 0 Å². The molecule has 96 heavy (non-hydrogen) atoms. The monoisotopic (exact) mass is 1390 g/mol. The molecule has 5 atom stereocenters. The average Bonchev–Trinajstić information content (AvgIpc) is 1.14. The second-order valence-electron chi connectivity index (χ2n) is 24.9. The van der Waals surface area contributed by atoms with Crippen molar-refractivity contribution < 1.29 is 80.2 Å². The van der Waals surface area contributed by atoms with E-state index in [4.69, 9.17) is 37.0 Å². The van der Waals surface area contributed by atoms with Crippen molar-refractivity contribution in [3.05, 3.63) is 97.2 Å². The van der Waals surface area contributed by atoms with Crippen LogP contribution in [0.15, 0.2) is 97.2 Å². The lowest BCUT2D eigenvalue weighted by molar-refractivity contribution is -0.161. The van der Waals surface area contributed by atoms with Crippen LogP contribution in [0.25, 0.3) is 0 Å². The molecule has 0 aromatic carbocycles. The van der Waals surface area contributed by atoms with E-state index in [1.54, 1.807) is 6.08 Å². The fourth-order valence-corrected chi connectivity index (χ4v) is 11.4. The van der Waals surface area contributed by atoms with Gasteiger partial charge in [-0.2, -0.15) is 0 Å². The zero-order valence-electron chi connectivity index (χ0n) is 60.3. The number of carbonyl (C=O) groups is 4. The fourth-order valence-electron chi connectivity index (χ4n) is 9.86. The van der Waals surface area contributed by atoms with E-state index in [1.807, 2.05) is 18.2 Å². The van der Waals surface area contributed by atoms with Gasteiger partial charge in [0.15, 0.2) is 12.2 Å². The third-order valence-corrected chi connectivity index (χ3v) is 17.4. The van der Waals surface area contributed by atoms with Gasteiger partial charge >= 0.3 is 39.5 Å². The Labute approximate surface area is 582 Å². The van der Waals surface area contributed by atoms with Gasteiger partial charge in [0.2, 0.25) is 0 Å². The summed E-state index contributed by atoms with van der Waals surface area (Å²) in [6, 6.07) is 0. The Kier molecular flexibility index (Phi) is 66.6. The van der Waals surface area contributed by atoms with Crippen LogP contribution in [0.2, 0.25) is 0 Å². The lowest BCUT2D eigenvalue weighted by atomic mass is 10.0. The number of aliphatic hydroxyl groups excluding tert-OH is 1. The van der Waals surface area contributed by atoms with Crippen molar-refractivity contribution in [2.75, 3.05) is 39.6 Å². The largest absolute Gasteiger partial charge is 0.472 e. The van der Waals surface area contributed by atoms with Gasteiger partial charge in [0.25, 0.3) is 0 Å². The fraction of sp³-hybridized carbons (Fsp3) is 0.740.